The molecule has 0 saturated heterocycles. The van der Waals surface area contributed by atoms with Crippen molar-refractivity contribution in [2.75, 3.05) is 6.54 Å². The number of nitrogens with one attached hydrogen (secondary N) is 2. The van der Waals surface area contributed by atoms with Gasteiger partial charge in [0, 0.05) is 5.56 Å². The lowest BCUT2D eigenvalue weighted by Crippen LogP contribution is -2.32. The Kier molecular flexibility index (Phi) is 4.05. The predicted octanol–water partition coefficient (Wildman–Crippen LogP) is 2.21. The van der Waals surface area contributed by atoms with Crippen LogP contribution < -0.4 is 10.1 Å². The van der Waals surface area contributed by atoms with Crippen LogP contribution in [0.15, 0.2) is 48.8 Å². The van der Waals surface area contributed by atoms with Gasteiger partial charge >= 0.3 is 5.97 Å². The molecule has 1 aromatic heterocycles. The van der Waals surface area contributed by atoms with Gasteiger partial charge < -0.3 is 15.0 Å². The van der Waals surface area contributed by atoms with E-state index in [1.807, 2.05) is 19.1 Å². The van der Waals surface area contributed by atoms with E-state index in [-0.39, 0.29) is 12.5 Å². The molecular formula is C17H15N3O3. The van der Waals surface area contributed by atoms with Gasteiger partial charge in [0.05, 0.1) is 17.4 Å². The van der Waals surface area contributed by atoms with Crippen LogP contribution in [-0.4, -0.2) is 28.4 Å². The smallest absolute Gasteiger partial charge is 0.330 e. The van der Waals surface area contributed by atoms with Crippen LogP contribution in [0.5, 0.6) is 5.75 Å². The third kappa shape index (κ3) is 3.37. The molecule has 0 aliphatic heterocycles. The average Bonchev–Trinajstić information content (AvgIpc) is 3.02. The largest absolute Gasteiger partial charge is 0.425 e. The molecule has 0 aliphatic rings. The van der Waals surface area contributed by atoms with E-state index in [0.717, 1.165) is 16.6 Å². The number of esters is 1. The molecule has 1 amide bonds. The van der Waals surface area contributed by atoms with Gasteiger partial charge in [0.25, 0.3) is 5.91 Å². The molecule has 2 N–H and O–H groups in total. The normalized spacial score (nSPS) is 10.5. The number of rotatable bonds is 4. The second kappa shape index (κ2) is 6.31. The summed E-state index contributed by atoms with van der Waals surface area (Å²) in [7, 11) is 0. The molecule has 0 radical (unpaired) electrons. The molecule has 2 aromatic carbocycles. The average molecular weight is 309 g/mol. The number of hydrogen-bond donors (Lipinski definition) is 2. The minimum Gasteiger partial charge on any atom is -0.425 e. The summed E-state index contributed by atoms with van der Waals surface area (Å²) in [6, 6.07) is 12.3. The fraction of sp³-hybridized carbons (Fsp3) is 0.118. The standard InChI is InChI=1S/C17H15N3O3/c1-11-4-2-3-5-15(11)23-16(21)9-18-17(22)12-6-7-13-14(8-12)20-10-19-13/h2-8,10H,9H2,1H3,(H,18,22)(H,19,20). The van der Waals surface area contributed by atoms with Gasteiger partial charge in [0.2, 0.25) is 0 Å². The summed E-state index contributed by atoms with van der Waals surface area (Å²) in [5.41, 5.74) is 2.85. The number of carbonyl (C=O) groups is 2. The lowest BCUT2D eigenvalue weighted by molar-refractivity contribution is -0.133. The number of aromatic amines is 1. The highest BCUT2D eigenvalue weighted by atomic mass is 16.5. The highest BCUT2D eigenvalue weighted by molar-refractivity contribution is 5.98. The summed E-state index contributed by atoms with van der Waals surface area (Å²) in [5.74, 6) is -0.371. The second-order valence-corrected chi connectivity index (χ2v) is 5.06. The van der Waals surface area contributed by atoms with Crippen molar-refractivity contribution in [2.24, 2.45) is 0 Å². The number of para-hydroxylation sites is 1. The Labute approximate surface area is 132 Å². The maximum Gasteiger partial charge on any atom is 0.330 e. The fourth-order valence-corrected chi connectivity index (χ4v) is 2.16. The quantitative estimate of drug-likeness (QED) is 0.571. The van der Waals surface area contributed by atoms with Crippen molar-refractivity contribution >= 4 is 22.9 Å². The summed E-state index contributed by atoms with van der Waals surface area (Å²) >= 11 is 0. The summed E-state index contributed by atoms with van der Waals surface area (Å²) < 4.78 is 5.22. The SMILES string of the molecule is Cc1ccccc1OC(=O)CNC(=O)c1ccc2nc[nH]c2c1. The summed E-state index contributed by atoms with van der Waals surface area (Å²) in [4.78, 5) is 30.9. The Bertz CT molecular complexity index is 870. The Morgan fingerprint density at radius 1 is 1.22 bits per heavy atom. The van der Waals surface area contributed by atoms with Crippen molar-refractivity contribution < 1.29 is 14.3 Å². The molecule has 0 unspecified atom stereocenters. The third-order valence-corrected chi connectivity index (χ3v) is 3.39. The molecule has 0 aliphatic carbocycles. The van der Waals surface area contributed by atoms with Crippen LogP contribution in [0, 0.1) is 6.92 Å². The van der Waals surface area contributed by atoms with E-state index in [9.17, 15) is 9.59 Å². The summed E-state index contributed by atoms with van der Waals surface area (Å²) in [5, 5.41) is 2.55. The number of amides is 1. The van der Waals surface area contributed by atoms with Gasteiger partial charge in [-0.1, -0.05) is 18.2 Å². The monoisotopic (exact) mass is 309 g/mol. The highest BCUT2D eigenvalue weighted by Crippen LogP contribution is 2.16. The number of H-pyrrole nitrogens is 1. The van der Waals surface area contributed by atoms with Gasteiger partial charge in [-0.25, -0.2) is 9.78 Å². The highest BCUT2D eigenvalue weighted by Gasteiger charge is 2.11. The molecule has 0 bridgehead atoms. The van der Waals surface area contributed by atoms with Crippen molar-refractivity contribution in [1.82, 2.24) is 15.3 Å². The molecule has 0 saturated carbocycles. The molecule has 23 heavy (non-hydrogen) atoms. The Hall–Kier alpha value is -3.15. The van der Waals surface area contributed by atoms with Crippen LogP contribution in [0.4, 0.5) is 0 Å². The molecule has 3 aromatic rings. The first-order chi connectivity index (χ1) is 11.1. The van der Waals surface area contributed by atoms with Crippen molar-refractivity contribution in [3.63, 3.8) is 0 Å². The third-order valence-electron chi connectivity index (χ3n) is 3.39. The first-order valence-electron chi connectivity index (χ1n) is 7.11. The molecule has 0 fully saturated rings. The minimum atomic E-state index is -0.518. The van der Waals surface area contributed by atoms with Gasteiger partial charge in [-0.3, -0.25) is 4.79 Å². The molecule has 0 atom stereocenters. The lowest BCUT2D eigenvalue weighted by atomic mass is 10.2. The number of fused-ring (bicyclic) bond motifs is 1. The second-order valence-electron chi connectivity index (χ2n) is 5.06. The Morgan fingerprint density at radius 2 is 2.04 bits per heavy atom. The van der Waals surface area contributed by atoms with Crippen molar-refractivity contribution in [3.8, 4) is 5.75 Å². The van der Waals surface area contributed by atoms with Crippen molar-refractivity contribution in [2.45, 2.75) is 6.92 Å². The molecular weight excluding hydrogens is 294 g/mol. The topological polar surface area (TPSA) is 84.1 Å². The number of imidazole rings is 1. The van der Waals surface area contributed by atoms with Crippen LogP contribution in [0.3, 0.4) is 0 Å². The molecule has 0 spiro atoms. The van der Waals surface area contributed by atoms with E-state index >= 15 is 0 Å². The molecule has 6 nitrogen and oxygen atoms in total. The molecule has 3 rings (SSSR count). The van der Waals surface area contributed by atoms with Gasteiger partial charge in [-0.15, -0.1) is 0 Å². The van der Waals surface area contributed by atoms with Crippen LogP contribution in [0.25, 0.3) is 11.0 Å². The van der Waals surface area contributed by atoms with Crippen molar-refractivity contribution in [1.29, 1.82) is 0 Å². The Morgan fingerprint density at radius 3 is 2.87 bits per heavy atom. The van der Waals surface area contributed by atoms with Gasteiger partial charge in [-0.05, 0) is 36.8 Å². The number of benzene rings is 2. The molecule has 116 valence electrons. The van der Waals surface area contributed by atoms with Crippen LogP contribution in [0.1, 0.15) is 15.9 Å². The number of hydrogen-bond acceptors (Lipinski definition) is 4. The van der Waals surface area contributed by atoms with Gasteiger partial charge in [-0.2, -0.15) is 0 Å². The number of carbonyl (C=O) groups excluding carboxylic acids is 2. The van der Waals surface area contributed by atoms with Crippen LogP contribution in [0.2, 0.25) is 0 Å². The minimum absolute atomic E-state index is 0.200. The van der Waals surface area contributed by atoms with E-state index in [1.165, 1.54) is 0 Å². The van der Waals surface area contributed by atoms with E-state index < -0.39 is 5.97 Å². The van der Waals surface area contributed by atoms with Crippen molar-refractivity contribution in [3.05, 3.63) is 59.9 Å². The van der Waals surface area contributed by atoms with E-state index in [4.69, 9.17) is 4.74 Å². The summed E-state index contributed by atoms with van der Waals surface area (Å²) in [6.45, 7) is 1.65. The zero-order valence-electron chi connectivity index (χ0n) is 12.5. The molecule has 1 heterocycles. The van der Waals surface area contributed by atoms with E-state index in [0.29, 0.717) is 11.3 Å². The number of nitrogens with zero attached hydrogens (tertiary/aromatic N) is 1. The zero-order chi connectivity index (χ0) is 16.2. The maximum absolute atomic E-state index is 12.1. The maximum atomic E-state index is 12.1. The van der Waals surface area contributed by atoms with E-state index in [2.05, 4.69) is 15.3 Å². The van der Waals surface area contributed by atoms with Gasteiger partial charge in [0.1, 0.15) is 12.3 Å². The van der Waals surface area contributed by atoms with Crippen LogP contribution in [-0.2, 0) is 4.79 Å². The predicted molar refractivity (Wildman–Crippen MR) is 85.2 cm³/mol. The Balaban J connectivity index is 1.60. The fourth-order valence-electron chi connectivity index (χ4n) is 2.16. The van der Waals surface area contributed by atoms with Gasteiger partial charge in [0.15, 0.2) is 0 Å². The van der Waals surface area contributed by atoms with Crippen LogP contribution >= 0.6 is 0 Å². The zero-order valence-corrected chi connectivity index (χ0v) is 12.5. The number of aryl methyl sites for hydroxylation is 1. The number of aromatic nitrogens is 2. The first-order valence-corrected chi connectivity index (χ1v) is 7.11. The number of ether oxygens (including phenoxy) is 1. The van der Waals surface area contributed by atoms with E-state index in [1.54, 1.807) is 36.7 Å². The summed E-state index contributed by atoms with van der Waals surface area (Å²) in [6.07, 6.45) is 1.56. The first kappa shape index (κ1) is 14.8. The molecule has 6 heteroatoms. The lowest BCUT2D eigenvalue weighted by Gasteiger charge is -2.08.